The molecule has 1 aromatic rings. The molecule has 0 spiro atoms. The Morgan fingerprint density at radius 3 is 3.06 bits per heavy atom. The first-order chi connectivity index (χ1) is 8.26. The summed E-state index contributed by atoms with van der Waals surface area (Å²) in [5, 5.41) is 14.0. The molecule has 0 aromatic carbocycles. The normalized spacial score (nSPS) is 16.8. The van der Waals surface area contributed by atoms with Gasteiger partial charge in [0.2, 0.25) is 0 Å². The van der Waals surface area contributed by atoms with Crippen LogP contribution in [0.5, 0.6) is 0 Å². The summed E-state index contributed by atoms with van der Waals surface area (Å²) in [7, 11) is 0. The van der Waals surface area contributed by atoms with Crippen LogP contribution < -0.4 is 5.32 Å². The predicted octanol–water partition coefficient (Wildman–Crippen LogP) is 2.36. The van der Waals surface area contributed by atoms with E-state index in [0.29, 0.717) is 12.3 Å². The summed E-state index contributed by atoms with van der Waals surface area (Å²) in [6.07, 6.45) is 4.98. The molecule has 1 saturated carbocycles. The zero-order valence-electron chi connectivity index (χ0n) is 9.81. The third kappa shape index (κ3) is 3.24. The fourth-order valence-electron chi connectivity index (χ4n) is 1.92. The van der Waals surface area contributed by atoms with E-state index >= 15 is 0 Å². The van der Waals surface area contributed by atoms with Crippen molar-refractivity contribution in [3.63, 3.8) is 0 Å². The Balaban J connectivity index is 1.99. The van der Waals surface area contributed by atoms with Crippen molar-refractivity contribution in [2.24, 2.45) is 5.92 Å². The first-order valence-corrected chi connectivity index (χ1v) is 7.90. The second-order valence-corrected chi connectivity index (χ2v) is 6.01. The summed E-state index contributed by atoms with van der Waals surface area (Å²) < 4.78 is 0. The average Bonchev–Trinajstić information content (AvgIpc) is 3.05. The lowest BCUT2D eigenvalue weighted by Gasteiger charge is -2.16. The molecule has 1 heterocycles. The Bertz CT molecular complexity index is 388. The molecular weight excluding hydrogens is 254 g/mol. The summed E-state index contributed by atoms with van der Waals surface area (Å²) in [5.41, 5.74) is 0. The number of nitrogens with one attached hydrogen (secondary N) is 1. The van der Waals surface area contributed by atoms with Gasteiger partial charge in [0.1, 0.15) is 4.88 Å². The van der Waals surface area contributed by atoms with Gasteiger partial charge in [-0.2, -0.15) is 0 Å². The van der Waals surface area contributed by atoms with Gasteiger partial charge in [0, 0.05) is 17.5 Å². The highest BCUT2D eigenvalue weighted by Crippen LogP contribution is 2.34. The molecule has 1 amide bonds. The predicted molar refractivity (Wildman–Crippen MR) is 71.8 cm³/mol. The van der Waals surface area contributed by atoms with Crippen LogP contribution in [0, 0.1) is 5.92 Å². The highest BCUT2D eigenvalue weighted by atomic mass is 32.2. The number of amides is 1. The van der Waals surface area contributed by atoms with Crippen molar-refractivity contribution >= 4 is 29.0 Å². The van der Waals surface area contributed by atoms with E-state index in [0.717, 1.165) is 9.77 Å². The Morgan fingerprint density at radius 2 is 2.47 bits per heavy atom. The van der Waals surface area contributed by atoms with Gasteiger partial charge in [-0.05, 0) is 42.9 Å². The number of rotatable bonds is 6. The van der Waals surface area contributed by atoms with Gasteiger partial charge in [0.25, 0.3) is 5.91 Å². The van der Waals surface area contributed by atoms with Gasteiger partial charge in [-0.15, -0.1) is 23.1 Å². The molecule has 17 heavy (non-hydrogen) atoms. The SMILES string of the molecule is CSc1ccsc1C(=O)NC(CCO)C1CC1. The van der Waals surface area contributed by atoms with Crippen LogP contribution in [0.3, 0.4) is 0 Å². The second-order valence-electron chi connectivity index (χ2n) is 4.25. The first kappa shape index (κ1) is 12.9. The van der Waals surface area contributed by atoms with Crippen LogP contribution in [0.15, 0.2) is 16.3 Å². The maximum Gasteiger partial charge on any atom is 0.262 e. The third-order valence-corrected chi connectivity index (χ3v) is 4.83. The van der Waals surface area contributed by atoms with Gasteiger partial charge in [0.05, 0.1) is 0 Å². The van der Waals surface area contributed by atoms with E-state index in [9.17, 15) is 4.79 Å². The lowest BCUT2D eigenvalue weighted by Crippen LogP contribution is -2.36. The number of hydrogen-bond acceptors (Lipinski definition) is 4. The number of carbonyl (C=O) groups is 1. The van der Waals surface area contributed by atoms with Crippen molar-refractivity contribution in [2.45, 2.75) is 30.2 Å². The largest absolute Gasteiger partial charge is 0.396 e. The van der Waals surface area contributed by atoms with E-state index in [1.807, 2.05) is 17.7 Å². The van der Waals surface area contributed by atoms with Crippen LogP contribution in [0.4, 0.5) is 0 Å². The molecule has 0 radical (unpaired) electrons. The van der Waals surface area contributed by atoms with Gasteiger partial charge in [-0.1, -0.05) is 0 Å². The van der Waals surface area contributed by atoms with E-state index in [1.54, 1.807) is 11.8 Å². The molecule has 3 nitrogen and oxygen atoms in total. The average molecular weight is 271 g/mol. The van der Waals surface area contributed by atoms with Gasteiger partial charge < -0.3 is 10.4 Å². The fraction of sp³-hybridized carbons (Fsp3) is 0.583. The zero-order chi connectivity index (χ0) is 12.3. The highest BCUT2D eigenvalue weighted by molar-refractivity contribution is 7.98. The lowest BCUT2D eigenvalue weighted by atomic mass is 10.1. The minimum atomic E-state index is 0.00898. The van der Waals surface area contributed by atoms with Crippen LogP contribution in [0.2, 0.25) is 0 Å². The van der Waals surface area contributed by atoms with Gasteiger partial charge in [-0.3, -0.25) is 4.79 Å². The molecule has 94 valence electrons. The van der Waals surface area contributed by atoms with E-state index in [2.05, 4.69) is 5.32 Å². The number of carbonyl (C=O) groups excluding carboxylic acids is 1. The van der Waals surface area contributed by atoms with Crippen molar-refractivity contribution < 1.29 is 9.90 Å². The van der Waals surface area contributed by atoms with Crippen LogP contribution in [-0.2, 0) is 0 Å². The summed E-state index contributed by atoms with van der Waals surface area (Å²) in [6, 6.07) is 2.12. The van der Waals surface area contributed by atoms with Crippen LogP contribution in [0.1, 0.15) is 28.9 Å². The van der Waals surface area contributed by atoms with E-state index in [1.165, 1.54) is 24.2 Å². The van der Waals surface area contributed by atoms with E-state index in [4.69, 9.17) is 5.11 Å². The molecule has 5 heteroatoms. The van der Waals surface area contributed by atoms with E-state index < -0.39 is 0 Å². The monoisotopic (exact) mass is 271 g/mol. The summed E-state index contributed by atoms with van der Waals surface area (Å²) >= 11 is 3.07. The maximum atomic E-state index is 12.1. The minimum Gasteiger partial charge on any atom is -0.396 e. The van der Waals surface area contributed by atoms with Gasteiger partial charge in [-0.25, -0.2) is 0 Å². The molecular formula is C12H17NO2S2. The molecule has 2 N–H and O–H groups in total. The third-order valence-electron chi connectivity index (χ3n) is 3.00. The number of thioether (sulfide) groups is 1. The Hall–Kier alpha value is -0.520. The first-order valence-electron chi connectivity index (χ1n) is 5.79. The number of aliphatic hydroxyl groups excluding tert-OH is 1. The summed E-state index contributed by atoms with van der Waals surface area (Å²) in [6.45, 7) is 0.140. The molecule has 1 unspecified atom stereocenters. The van der Waals surface area contributed by atoms with Crippen LogP contribution >= 0.6 is 23.1 Å². The van der Waals surface area contributed by atoms with Gasteiger partial charge in [0.15, 0.2) is 0 Å². The standard InChI is InChI=1S/C12H17NO2S2/c1-16-10-5-7-17-11(10)12(15)13-9(4-6-14)8-2-3-8/h5,7-9,14H,2-4,6H2,1H3,(H,13,15). The molecule has 1 aliphatic rings. The Morgan fingerprint density at radius 1 is 1.71 bits per heavy atom. The highest BCUT2D eigenvalue weighted by Gasteiger charge is 2.32. The van der Waals surface area contributed by atoms with Gasteiger partial charge >= 0.3 is 0 Å². The lowest BCUT2D eigenvalue weighted by molar-refractivity contribution is 0.0926. The minimum absolute atomic E-state index is 0.00898. The molecule has 1 aliphatic carbocycles. The molecule has 1 aromatic heterocycles. The molecule has 1 fully saturated rings. The number of thiophene rings is 1. The molecule has 1 atom stereocenters. The maximum absolute atomic E-state index is 12.1. The number of aliphatic hydroxyl groups is 1. The Labute approximate surface area is 110 Å². The van der Waals surface area contributed by atoms with Crippen LogP contribution in [-0.4, -0.2) is 29.9 Å². The second kappa shape index (κ2) is 5.89. The topological polar surface area (TPSA) is 49.3 Å². The molecule has 0 aliphatic heterocycles. The molecule has 2 rings (SSSR count). The van der Waals surface area contributed by atoms with Crippen molar-refractivity contribution in [1.82, 2.24) is 5.32 Å². The number of hydrogen-bond donors (Lipinski definition) is 2. The zero-order valence-corrected chi connectivity index (χ0v) is 11.4. The van der Waals surface area contributed by atoms with Crippen molar-refractivity contribution in [3.05, 3.63) is 16.3 Å². The quantitative estimate of drug-likeness (QED) is 0.781. The summed E-state index contributed by atoms with van der Waals surface area (Å²) in [4.78, 5) is 13.9. The van der Waals surface area contributed by atoms with Crippen molar-refractivity contribution in [2.75, 3.05) is 12.9 Å². The molecule has 0 bridgehead atoms. The van der Waals surface area contributed by atoms with Crippen molar-refractivity contribution in [3.8, 4) is 0 Å². The van der Waals surface area contributed by atoms with Crippen molar-refractivity contribution in [1.29, 1.82) is 0 Å². The summed E-state index contributed by atoms with van der Waals surface area (Å²) in [5.74, 6) is 0.582. The van der Waals surface area contributed by atoms with E-state index in [-0.39, 0.29) is 18.6 Å². The molecule has 0 saturated heterocycles. The van der Waals surface area contributed by atoms with Crippen LogP contribution in [0.25, 0.3) is 0 Å². The smallest absolute Gasteiger partial charge is 0.262 e. The fourth-order valence-corrected chi connectivity index (χ4v) is 3.57. The Kier molecular flexibility index (Phi) is 4.48.